The molecule has 2 rings (SSSR count). The lowest BCUT2D eigenvalue weighted by atomic mass is 10.3. The minimum atomic E-state index is 0.0646. The van der Waals surface area contributed by atoms with Crippen LogP contribution >= 0.6 is 23.2 Å². The molecule has 0 aliphatic heterocycles. The molecule has 0 unspecified atom stereocenters. The summed E-state index contributed by atoms with van der Waals surface area (Å²) < 4.78 is 1.76. The molecular formula is C9H10Cl2N6. The molecule has 90 valence electrons. The predicted octanol–water partition coefficient (Wildman–Crippen LogP) is 1.57. The first-order valence-corrected chi connectivity index (χ1v) is 5.69. The molecular weight excluding hydrogens is 263 g/mol. The zero-order chi connectivity index (χ0) is 12.3. The van der Waals surface area contributed by atoms with E-state index in [9.17, 15) is 0 Å². The summed E-state index contributed by atoms with van der Waals surface area (Å²) in [5, 5.41) is 14.7. The third-order valence-electron chi connectivity index (χ3n) is 2.06. The van der Waals surface area contributed by atoms with Crippen molar-refractivity contribution < 1.29 is 0 Å². The summed E-state index contributed by atoms with van der Waals surface area (Å²) in [6, 6.07) is 1.95. The Bertz CT molecular complexity index is 512. The second kappa shape index (κ2) is 5.29. The predicted molar refractivity (Wildman–Crippen MR) is 65.2 cm³/mol. The average Bonchev–Trinajstić information content (AvgIpc) is 2.69. The minimum Gasteiger partial charge on any atom is -0.367 e. The van der Waals surface area contributed by atoms with Crippen LogP contribution in [-0.4, -0.2) is 31.5 Å². The number of nitrogens with one attached hydrogen (secondary N) is 1. The van der Waals surface area contributed by atoms with E-state index in [0.717, 1.165) is 12.1 Å². The minimum absolute atomic E-state index is 0.0646. The van der Waals surface area contributed by atoms with E-state index in [1.807, 2.05) is 19.3 Å². The molecule has 0 aliphatic carbocycles. The van der Waals surface area contributed by atoms with Crippen molar-refractivity contribution in [2.45, 2.75) is 6.42 Å². The third-order valence-corrected chi connectivity index (χ3v) is 2.48. The van der Waals surface area contributed by atoms with Crippen molar-refractivity contribution in [3.8, 4) is 0 Å². The summed E-state index contributed by atoms with van der Waals surface area (Å²) in [5.74, 6) is 0.433. The van der Waals surface area contributed by atoms with Gasteiger partial charge in [0.15, 0.2) is 11.0 Å². The zero-order valence-corrected chi connectivity index (χ0v) is 10.6. The first-order valence-electron chi connectivity index (χ1n) is 4.93. The second-order valence-corrected chi connectivity index (χ2v) is 4.07. The Balaban J connectivity index is 1.91. The maximum Gasteiger partial charge on any atom is 0.245 e. The first kappa shape index (κ1) is 12.1. The number of rotatable bonds is 4. The fourth-order valence-electron chi connectivity index (χ4n) is 1.31. The van der Waals surface area contributed by atoms with E-state index in [1.165, 1.54) is 0 Å². The summed E-state index contributed by atoms with van der Waals surface area (Å²) in [6.45, 7) is 0.645. The highest BCUT2D eigenvalue weighted by Gasteiger charge is 2.05. The standard InChI is InChI=1S/C9H10Cl2N6/c1-17-5-3-6(16-17)2-4-12-8-7(10)14-15-9(11)13-8/h3,5H,2,4H2,1H3,(H,12,13,15). The fourth-order valence-corrected chi connectivity index (χ4v) is 1.58. The molecule has 0 radical (unpaired) electrons. The smallest absolute Gasteiger partial charge is 0.245 e. The van der Waals surface area contributed by atoms with Gasteiger partial charge in [0, 0.05) is 26.2 Å². The van der Waals surface area contributed by atoms with Gasteiger partial charge in [0.05, 0.1) is 5.69 Å². The van der Waals surface area contributed by atoms with E-state index in [4.69, 9.17) is 23.2 Å². The van der Waals surface area contributed by atoms with Gasteiger partial charge in [0.1, 0.15) is 0 Å². The highest BCUT2D eigenvalue weighted by Crippen LogP contribution is 2.16. The van der Waals surface area contributed by atoms with E-state index in [1.54, 1.807) is 4.68 Å². The number of anilines is 1. The van der Waals surface area contributed by atoms with Crippen molar-refractivity contribution in [3.05, 3.63) is 28.4 Å². The summed E-state index contributed by atoms with van der Waals surface area (Å²) >= 11 is 11.4. The lowest BCUT2D eigenvalue weighted by Gasteiger charge is -2.04. The van der Waals surface area contributed by atoms with Crippen molar-refractivity contribution in [1.82, 2.24) is 25.0 Å². The summed E-state index contributed by atoms with van der Waals surface area (Å²) in [6.07, 6.45) is 2.66. The van der Waals surface area contributed by atoms with Crippen LogP contribution in [0.25, 0.3) is 0 Å². The Hall–Kier alpha value is -1.40. The molecule has 2 aromatic rings. The monoisotopic (exact) mass is 272 g/mol. The molecule has 17 heavy (non-hydrogen) atoms. The molecule has 0 saturated carbocycles. The Kier molecular flexibility index (Phi) is 3.75. The molecule has 2 aromatic heterocycles. The molecule has 0 atom stereocenters. The maximum absolute atomic E-state index is 5.81. The number of aryl methyl sites for hydroxylation is 1. The van der Waals surface area contributed by atoms with Gasteiger partial charge >= 0.3 is 0 Å². The molecule has 0 saturated heterocycles. The molecule has 0 bridgehead atoms. The van der Waals surface area contributed by atoms with Crippen LogP contribution in [-0.2, 0) is 13.5 Å². The van der Waals surface area contributed by atoms with Gasteiger partial charge in [0.25, 0.3) is 0 Å². The number of hydrogen-bond donors (Lipinski definition) is 1. The van der Waals surface area contributed by atoms with Crippen molar-refractivity contribution in [2.75, 3.05) is 11.9 Å². The van der Waals surface area contributed by atoms with Crippen molar-refractivity contribution in [2.24, 2.45) is 7.05 Å². The normalized spacial score (nSPS) is 10.5. The number of halogens is 2. The highest BCUT2D eigenvalue weighted by molar-refractivity contribution is 6.32. The summed E-state index contributed by atoms with van der Waals surface area (Å²) in [7, 11) is 1.88. The van der Waals surface area contributed by atoms with Gasteiger partial charge < -0.3 is 5.32 Å². The van der Waals surface area contributed by atoms with Gasteiger partial charge in [-0.1, -0.05) is 11.6 Å². The fraction of sp³-hybridized carbons (Fsp3) is 0.333. The first-order chi connectivity index (χ1) is 8.15. The molecule has 1 N–H and O–H groups in total. The van der Waals surface area contributed by atoms with Gasteiger partial charge in [-0.2, -0.15) is 10.1 Å². The molecule has 2 heterocycles. The second-order valence-electron chi connectivity index (χ2n) is 3.38. The van der Waals surface area contributed by atoms with Crippen LogP contribution in [0, 0.1) is 0 Å². The molecule has 0 amide bonds. The summed E-state index contributed by atoms with van der Waals surface area (Å²) in [5.41, 5.74) is 0.990. The van der Waals surface area contributed by atoms with Crippen LogP contribution in [0.4, 0.5) is 5.82 Å². The molecule has 0 aromatic carbocycles. The topological polar surface area (TPSA) is 68.5 Å². The van der Waals surface area contributed by atoms with Gasteiger partial charge in [-0.05, 0) is 17.7 Å². The van der Waals surface area contributed by atoms with Gasteiger partial charge in [0.2, 0.25) is 5.28 Å². The van der Waals surface area contributed by atoms with Crippen LogP contribution in [0.15, 0.2) is 12.3 Å². The van der Waals surface area contributed by atoms with Gasteiger partial charge in [-0.3, -0.25) is 4.68 Å². The maximum atomic E-state index is 5.81. The molecule has 6 nitrogen and oxygen atoms in total. The van der Waals surface area contributed by atoms with Crippen LogP contribution in [0.3, 0.4) is 0 Å². The quantitative estimate of drug-likeness (QED) is 0.915. The van der Waals surface area contributed by atoms with E-state index >= 15 is 0 Å². The van der Waals surface area contributed by atoms with E-state index in [0.29, 0.717) is 12.4 Å². The van der Waals surface area contributed by atoms with E-state index < -0.39 is 0 Å². The number of aromatic nitrogens is 5. The van der Waals surface area contributed by atoms with Crippen LogP contribution in [0.2, 0.25) is 10.4 Å². The van der Waals surface area contributed by atoms with Crippen LogP contribution < -0.4 is 5.32 Å². The van der Waals surface area contributed by atoms with Crippen molar-refractivity contribution in [3.63, 3.8) is 0 Å². The third kappa shape index (κ3) is 3.28. The van der Waals surface area contributed by atoms with Crippen LogP contribution in [0.1, 0.15) is 5.69 Å². The van der Waals surface area contributed by atoms with Crippen molar-refractivity contribution in [1.29, 1.82) is 0 Å². The number of hydrogen-bond acceptors (Lipinski definition) is 5. The number of nitrogens with zero attached hydrogens (tertiary/aromatic N) is 5. The van der Waals surface area contributed by atoms with Gasteiger partial charge in [-0.15, -0.1) is 10.2 Å². The largest absolute Gasteiger partial charge is 0.367 e. The molecule has 0 aliphatic rings. The van der Waals surface area contributed by atoms with E-state index in [-0.39, 0.29) is 10.4 Å². The Labute approximate surface area is 108 Å². The Morgan fingerprint density at radius 3 is 2.88 bits per heavy atom. The van der Waals surface area contributed by atoms with Crippen LogP contribution in [0.5, 0.6) is 0 Å². The molecule has 8 heteroatoms. The average molecular weight is 273 g/mol. The van der Waals surface area contributed by atoms with Crippen molar-refractivity contribution >= 4 is 29.0 Å². The molecule has 0 spiro atoms. The lowest BCUT2D eigenvalue weighted by Crippen LogP contribution is -2.08. The van der Waals surface area contributed by atoms with Gasteiger partial charge in [-0.25, -0.2) is 0 Å². The highest BCUT2D eigenvalue weighted by atomic mass is 35.5. The SMILES string of the molecule is Cn1ccc(CCNc2nc(Cl)nnc2Cl)n1. The zero-order valence-electron chi connectivity index (χ0n) is 9.06. The Morgan fingerprint density at radius 1 is 1.35 bits per heavy atom. The lowest BCUT2D eigenvalue weighted by molar-refractivity contribution is 0.741. The molecule has 0 fully saturated rings. The Morgan fingerprint density at radius 2 is 2.18 bits per heavy atom. The summed E-state index contributed by atoms with van der Waals surface area (Å²) in [4.78, 5) is 3.93. The van der Waals surface area contributed by atoms with E-state index in [2.05, 4.69) is 25.6 Å².